The molecule has 0 saturated carbocycles. The third-order valence-electron chi connectivity index (χ3n) is 0.786. The minimum atomic E-state index is -1.57. The van der Waals surface area contributed by atoms with Crippen molar-refractivity contribution in [2.24, 2.45) is 0 Å². The van der Waals surface area contributed by atoms with E-state index in [0.717, 1.165) is 6.08 Å². The van der Waals surface area contributed by atoms with Crippen LogP contribution in [-0.2, 0) is 9.59 Å². The van der Waals surface area contributed by atoms with E-state index in [1.807, 2.05) is 5.32 Å². The van der Waals surface area contributed by atoms with Gasteiger partial charge >= 0.3 is 11.9 Å². The molecule has 0 saturated heterocycles. The van der Waals surface area contributed by atoms with Crippen molar-refractivity contribution in [1.29, 1.82) is 5.26 Å². The Morgan fingerprint density at radius 1 is 1.64 bits per heavy atom. The molecule has 2 N–H and O–H groups in total. The highest BCUT2D eigenvalue weighted by atomic mass is 16.4. The summed E-state index contributed by atoms with van der Waals surface area (Å²) >= 11 is 0. The molecule has 0 radical (unpaired) electrons. The summed E-state index contributed by atoms with van der Waals surface area (Å²) in [6.45, 7) is 1.42. The summed E-state index contributed by atoms with van der Waals surface area (Å²) in [5, 5.41) is 18.1. The van der Waals surface area contributed by atoms with Crippen LogP contribution in [0.4, 0.5) is 0 Å². The summed E-state index contributed by atoms with van der Waals surface area (Å²) < 4.78 is 0. The molecule has 0 heterocycles. The third-order valence-corrected chi connectivity index (χ3v) is 0.786. The van der Waals surface area contributed by atoms with Crippen molar-refractivity contribution in [2.75, 3.05) is 0 Å². The van der Waals surface area contributed by atoms with Gasteiger partial charge in [-0.15, -0.1) is 0 Å². The van der Waals surface area contributed by atoms with E-state index in [2.05, 4.69) is 0 Å². The summed E-state index contributed by atoms with van der Waals surface area (Å²) in [5.74, 6) is -2.72. The minimum Gasteiger partial charge on any atom is -0.474 e. The van der Waals surface area contributed by atoms with Crippen LogP contribution in [0.2, 0.25) is 0 Å². The molecule has 11 heavy (non-hydrogen) atoms. The zero-order valence-electron chi connectivity index (χ0n) is 5.79. The van der Waals surface area contributed by atoms with Gasteiger partial charge in [0.2, 0.25) is 0 Å². The standard InChI is InChI=1S/C6H6N2O3/c1-4(2-3-7)8-5(9)6(10)11/h2H,1H3,(H,8,9)(H,10,11)/b4-2+. The van der Waals surface area contributed by atoms with Gasteiger partial charge in [0.25, 0.3) is 0 Å². The smallest absolute Gasteiger partial charge is 0.394 e. The predicted molar refractivity (Wildman–Crippen MR) is 35.1 cm³/mol. The van der Waals surface area contributed by atoms with Gasteiger partial charge in [-0.25, -0.2) is 4.79 Å². The Morgan fingerprint density at radius 2 is 2.18 bits per heavy atom. The molecule has 0 unspecified atom stereocenters. The number of carbonyl (C=O) groups is 2. The zero-order valence-corrected chi connectivity index (χ0v) is 5.79. The lowest BCUT2D eigenvalue weighted by atomic mass is 10.4. The number of aliphatic carboxylic acids is 1. The fourth-order valence-electron chi connectivity index (χ4n) is 0.365. The van der Waals surface area contributed by atoms with Crippen molar-refractivity contribution in [3.63, 3.8) is 0 Å². The first-order chi connectivity index (χ1) is 5.07. The van der Waals surface area contributed by atoms with Gasteiger partial charge in [0.05, 0.1) is 6.07 Å². The second kappa shape index (κ2) is 4.06. The Hall–Kier alpha value is -1.83. The van der Waals surface area contributed by atoms with Crippen LogP contribution in [0.5, 0.6) is 0 Å². The maximum atomic E-state index is 10.4. The van der Waals surface area contributed by atoms with Crippen LogP contribution in [0.25, 0.3) is 0 Å². The maximum absolute atomic E-state index is 10.4. The summed E-state index contributed by atoms with van der Waals surface area (Å²) in [7, 11) is 0. The van der Waals surface area contributed by atoms with Crippen LogP contribution in [0, 0.1) is 11.3 Å². The quantitative estimate of drug-likeness (QED) is 0.397. The summed E-state index contributed by atoms with van der Waals surface area (Å²) in [5.41, 5.74) is 0.208. The topological polar surface area (TPSA) is 90.2 Å². The molecule has 1 amide bonds. The van der Waals surface area contributed by atoms with Crippen molar-refractivity contribution in [3.8, 4) is 6.07 Å². The van der Waals surface area contributed by atoms with E-state index in [-0.39, 0.29) is 5.70 Å². The average Bonchev–Trinajstić information content (AvgIpc) is 1.87. The molecule has 0 spiro atoms. The number of allylic oxidation sites excluding steroid dienone is 2. The number of amides is 1. The number of nitriles is 1. The van der Waals surface area contributed by atoms with Crippen molar-refractivity contribution in [3.05, 3.63) is 11.8 Å². The van der Waals surface area contributed by atoms with Crippen LogP contribution < -0.4 is 5.32 Å². The molecule has 0 aliphatic carbocycles. The number of hydrogen-bond donors (Lipinski definition) is 2. The van der Waals surface area contributed by atoms with E-state index >= 15 is 0 Å². The third kappa shape index (κ3) is 3.70. The van der Waals surface area contributed by atoms with Crippen molar-refractivity contribution in [2.45, 2.75) is 6.92 Å². The number of nitrogens with one attached hydrogen (secondary N) is 1. The first-order valence-corrected chi connectivity index (χ1v) is 2.68. The molecular weight excluding hydrogens is 148 g/mol. The van der Waals surface area contributed by atoms with E-state index in [1.165, 1.54) is 6.92 Å². The largest absolute Gasteiger partial charge is 0.474 e. The van der Waals surface area contributed by atoms with Crippen molar-refractivity contribution < 1.29 is 14.7 Å². The molecule has 0 aromatic rings. The summed E-state index contributed by atoms with van der Waals surface area (Å²) in [6.07, 6.45) is 1.04. The number of carboxylic acids is 1. The lowest BCUT2D eigenvalue weighted by Crippen LogP contribution is -2.28. The molecular formula is C6H6N2O3. The molecule has 0 rings (SSSR count). The Kier molecular flexibility index (Phi) is 3.39. The Morgan fingerprint density at radius 3 is 2.55 bits per heavy atom. The van der Waals surface area contributed by atoms with Crippen LogP contribution in [-0.4, -0.2) is 17.0 Å². The first kappa shape index (κ1) is 9.17. The molecule has 0 aliphatic rings. The second-order valence-corrected chi connectivity index (χ2v) is 1.72. The molecule has 0 aliphatic heterocycles. The molecule has 0 atom stereocenters. The molecule has 5 heteroatoms. The highest BCUT2D eigenvalue weighted by Crippen LogP contribution is 1.83. The number of carbonyl (C=O) groups excluding carboxylic acids is 1. The average molecular weight is 154 g/mol. The van der Waals surface area contributed by atoms with E-state index < -0.39 is 11.9 Å². The van der Waals surface area contributed by atoms with Gasteiger partial charge in [-0.1, -0.05) is 0 Å². The highest BCUT2D eigenvalue weighted by Gasteiger charge is 2.09. The highest BCUT2D eigenvalue weighted by molar-refractivity contribution is 6.31. The number of hydrogen-bond acceptors (Lipinski definition) is 3. The normalized spacial score (nSPS) is 10.0. The van der Waals surface area contributed by atoms with Gasteiger partial charge in [-0.3, -0.25) is 4.79 Å². The SMILES string of the molecule is C/C(=C\C#N)NC(=O)C(=O)O. The fourth-order valence-corrected chi connectivity index (χ4v) is 0.365. The molecule has 58 valence electrons. The van der Waals surface area contributed by atoms with Gasteiger partial charge in [0.1, 0.15) is 0 Å². The Bertz CT molecular complexity index is 249. The number of nitrogens with zero attached hydrogens (tertiary/aromatic N) is 1. The van der Waals surface area contributed by atoms with Gasteiger partial charge in [-0.2, -0.15) is 5.26 Å². The maximum Gasteiger partial charge on any atom is 0.394 e. The van der Waals surface area contributed by atoms with Crippen LogP contribution >= 0.6 is 0 Å². The predicted octanol–water partition coefficient (Wildman–Crippen LogP) is -0.385. The Balaban J connectivity index is 4.09. The zero-order chi connectivity index (χ0) is 8.85. The first-order valence-electron chi connectivity index (χ1n) is 2.68. The van der Waals surface area contributed by atoms with Gasteiger partial charge < -0.3 is 10.4 Å². The van der Waals surface area contributed by atoms with Crippen molar-refractivity contribution in [1.82, 2.24) is 5.32 Å². The molecule has 0 bridgehead atoms. The summed E-state index contributed by atoms with van der Waals surface area (Å²) in [4.78, 5) is 20.3. The van der Waals surface area contributed by atoms with E-state index in [0.29, 0.717) is 0 Å². The van der Waals surface area contributed by atoms with Gasteiger partial charge in [0.15, 0.2) is 0 Å². The number of rotatable bonds is 1. The summed E-state index contributed by atoms with van der Waals surface area (Å²) in [6, 6.07) is 1.64. The van der Waals surface area contributed by atoms with E-state index in [1.54, 1.807) is 6.07 Å². The fraction of sp³-hybridized carbons (Fsp3) is 0.167. The monoisotopic (exact) mass is 154 g/mol. The molecule has 0 aromatic carbocycles. The molecule has 0 aromatic heterocycles. The minimum absolute atomic E-state index is 0.208. The van der Waals surface area contributed by atoms with Crippen LogP contribution in [0.15, 0.2) is 11.8 Å². The molecule has 5 nitrogen and oxygen atoms in total. The van der Waals surface area contributed by atoms with E-state index in [9.17, 15) is 9.59 Å². The van der Waals surface area contributed by atoms with Crippen LogP contribution in [0.1, 0.15) is 6.92 Å². The van der Waals surface area contributed by atoms with Crippen LogP contribution in [0.3, 0.4) is 0 Å². The van der Waals surface area contributed by atoms with Gasteiger partial charge in [0, 0.05) is 11.8 Å². The molecule has 0 fully saturated rings. The number of carboxylic acid groups (broad SMARTS) is 1. The lowest BCUT2D eigenvalue weighted by molar-refractivity contribution is -0.149. The lowest BCUT2D eigenvalue weighted by Gasteiger charge is -1.97. The van der Waals surface area contributed by atoms with E-state index in [4.69, 9.17) is 10.4 Å². The second-order valence-electron chi connectivity index (χ2n) is 1.72. The Labute approximate surface area is 62.9 Å². The van der Waals surface area contributed by atoms with Gasteiger partial charge in [-0.05, 0) is 6.92 Å². The van der Waals surface area contributed by atoms with Crippen molar-refractivity contribution >= 4 is 11.9 Å².